The fraction of sp³-hybridized carbons (Fsp3) is 0.231. The van der Waals surface area contributed by atoms with Gasteiger partial charge in [0.25, 0.3) is 5.56 Å². The minimum absolute atomic E-state index is 0.0201. The van der Waals surface area contributed by atoms with Crippen LogP contribution >= 0.6 is 11.8 Å². The topological polar surface area (TPSA) is 60.9 Å². The smallest absolute Gasteiger partial charge is 0.283 e. The molecule has 1 aromatic carbocycles. The van der Waals surface area contributed by atoms with Gasteiger partial charge in [-0.15, -0.1) is 0 Å². The Kier molecular flexibility index (Phi) is 2.83. The third-order valence-electron chi connectivity index (χ3n) is 2.90. The molecule has 0 amide bonds. The Morgan fingerprint density at radius 3 is 2.83 bits per heavy atom. The fourth-order valence-corrected chi connectivity index (χ4v) is 2.64. The van der Waals surface area contributed by atoms with E-state index in [0.717, 1.165) is 17.7 Å². The first-order chi connectivity index (χ1) is 8.75. The van der Waals surface area contributed by atoms with Crippen molar-refractivity contribution in [1.82, 2.24) is 9.55 Å². The Bertz CT molecular complexity index is 634. The minimum atomic E-state index is -0.0201. The predicted molar refractivity (Wildman–Crippen MR) is 71.7 cm³/mol. The van der Waals surface area contributed by atoms with Crippen LogP contribution in [0.1, 0.15) is 18.9 Å². The second kappa shape index (κ2) is 4.49. The molecule has 92 valence electrons. The monoisotopic (exact) mass is 259 g/mol. The number of rotatable bonds is 3. The number of nitrogen functional groups attached to an aromatic ring is 1. The van der Waals surface area contributed by atoms with E-state index in [1.165, 1.54) is 11.8 Å². The highest BCUT2D eigenvalue weighted by Crippen LogP contribution is 2.34. The number of aromatic nitrogens is 2. The summed E-state index contributed by atoms with van der Waals surface area (Å²) < 4.78 is 1.77. The SMILES string of the molecule is Nc1ccccc1Sc1nccn(C2CC2)c1=O. The molecule has 4 nitrogen and oxygen atoms in total. The Balaban J connectivity index is 1.96. The molecular formula is C13H13N3OS. The molecule has 1 aliphatic carbocycles. The fourth-order valence-electron chi connectivity index (χ4n) is 1.79. The summed E-state index contributed by atoms with van der Waals surface area (Å²) in [7, 11) is 0. The molecule has 0 spiro atoms. The van der Waals surface area contributed by atoms with E-state index in [2.05, 4.69) is 4.98 Å². The molecule has 0 aliphatic heterocycles. The van der Waals surface area contributed by atoms with Gasteiger partial charge in [-0.1, -0.05) is 23.9 Å². The van der Waals surface area contributed by atoms with Gasteiger partial charge in [-0.3, -0.25) is 4.79 Å². The van der Waals surface area contributed by atoms with Crippen LogP contribution in [0.5, 0.6) is 0 Å². The summed E-state index contributed by atoms with van der Waals surface area (Å²) >= 11 is 1.33. The van der Waals surface area contributed by atoms with Crippen LogP contribution in [0.3, 0.4) is 0 Å². The molecule has 1 heterocycles. The van der Waals surface area contributed by atoms with Crippen molar-refractivity contribution in [3.63, 3.8) is 0 Å². The van der Waals surface area contributed by atoms with Crippen molar-refractivity contribution in [3.8, 4) is 0 Å². The van der Waals surface area contributed by atoms with Crippen LogP contribution < -0.4 is 11.3 Å². The van der Waals surface area contributed by atoms with Gasteiger partial charge in [0.1, 0.15) is 0 Å². The van der Waals surface area contributed by atoms with Crippen molar-refractivity contribution < 1.29 is 0 Å². The van der Waals surface area contributed by atoms with E-state index in [9.17, 15) is 4.79 Å². The van der Waals surface area contributed by atoms with Crippen LogP contribution in [0.15, 0.2) is 51.4 Å². The number of hydrogen-bond donors (Lipinski definition) is 1. The maximum absolute atomic E-state index is 12.2. The number of nitrogens with zero attached hydrogens (tertiary/aromatic N) is 2. The normalized spacial score (nSPS) is 14.7. The molecule has 0 unspecified atom stereocenters. The lowest BCUT2D eigenvalue weighted by atomic mass is 10.3. The quantitative estimate of drug-likeness (QED) is 0.859. The number of hydrogen-bond acceptors (Lipinski definition) is 4. The van der Waals surface area contributed by atoms with Crippen molar-refractivity contribution in [1.29, 1.82) is 0 Å². The third-order valence-corrected chi connectivity index (χ3v) is 3.97. The van der Waals surface area contributed by atoms with Crippen molar-refractivity contribution in [3.05, 3.63) is 47.0 Å². The molecule has 1 fully saturated rings. The lowest BCUT2D eigenvalue weighted by molar-refractivity contribution is 0.675. The summed E-state index contributed by atoms with van der Waals surface area (Å²) in [4.78, 5) is 17.2. The highest BCUT2D eigenvalue weighted by atomic mass is 32.2. The first kappa shape index (κ1) is 11.3. The molecule has 0 saturated heterocycles. The van der Waals surface area contributed by atoms with Crippen LogP contribution in [-0.2, 0) is 0 Å². The summed E-state index contributed by atoms with van der Waals surface area (Å²) in [5.74, 6) is 0. The van der Waals surface area contributed by atoms with Gasteiger partial charge in [-0.2, -0.15) is 0 Å². The molecule has 2 N–H and O–H groups in total. The Morgan fingerprint density at radius 1 is 1.33 bits per heavy atom. The zero-order valence-electron chi connectivity index (χ0n) is 9.74. The molecule has 5 heteroatoms. The molecule has 1 aromatic heterocycles. The van der Waals surface area contributed by atoms with Gasteiger partial charge in [-0.25, -0.2) is 4.98 Å². The van der Waals surface area contributed by atoms with Crippen molar-refractivity contribution in [2.75, 3.05) is 5.73 Å². The van der Waals surface area contributed by atoms with Gasteiger partial charge in [0.15, 0.2) is 5.03 Å². The largest absolute Gasteiger partial charge is 0.398 e. The Hall–Kier alpha value is -1.75. The minimum Gasteiger partial charge on any atom is -0.398 e. The van der Waals surface area contributed by atoms with E-state index in [1.807, 2.05) is 24.3 Å². The van der Waals surface area contributed by atoms with E-state index < -0.39 is 0 Å². The summed E-state index contributed by atoms with van der Waals surface area (Å²) in [5, 5.41) is 0.488. The van der Waals surface area contributed by atoms with Gasteiger partial charge < -0.3 is 10.3 Å². The number of para-hydroxylation sites is 1. The molecule has 3 rings (SSSR count). The van der Waals surface area contributed by atoms with E-state index in [-0.39, 0.29) is 5.56 Å². The molecule has 18 heavy (non-hydrogen) atoms. The van der Waals surface area contributed by atoms with Gasteiger partial charge in [0.05, 0.1) is 0 Å². The predicted octanol–water partition coefficient (Wildman–Crippen LogP) is 2.31. The lowest BCUT2D eigenvalue weighted by Gasteiger charge is -2.06. The summed E-state index contributed by atoms with van der Waals surface area (Å²) in [5.41, 5.74) is 6.52. The number of benzene rings is 1. The van der Waals surface area contributed by atoms with Crippen LogP contribution in [0.4, 0.5) is 5.69 Å². The van der Waals surface area contributed by atoms with E-state index in [1.54, 1.807) is 17.0 Å². The number of nitrogens with two attached hydrogens (primary N) is 1. The van der Waals surface area contributed by atoms with Crippen molar-refractivity contribution >= 4 is 17.4 Å². The molecule has 0 bridgehead atoms. The highest BCUT2D eigenvalue weighted by Gasteiger charge is 2.25. The second-order valence-corrected chi connectivity index (χ2v) is 5.35. The lowest BCUT2D eigenvalue weighted by Crippen LogP contribution is -2.20. The van der Waals surface area contributed by atoms with Crippen LogP contribution in [0, 0.1) is 0 Å². The van der Waals surface area contributed by atoms with E-state index in [0.29, 0.717) is 16.8 Å². The second-order valence-electron chi connectivity index (χ2n) is 4.32. The first-order valence-corrected chi connectivity index (χ1v) is 6.67. The standard InChI is InChI=1S/C13H13N3OS/c14-10-3-1-2-4-11(10)18-12-13(17)16(8-7-15-12)9-5-6-9/h1-4,7-9H,5-6,14H2. The third kappa shape index (κ3) is 2.13. The molecular weight excluding hydrogens is 246 g/mol. The Labute approximate surface area is 109 Å². The van der Waals surface area contributed by atoms with Gasteiger partial charge in [0, 0.05) is 29.0 Å². The maximum Gasteiger partial charge on any atom is 0.283 e. The van der Waals surface area contributed by atoms with Crippen LogP contribution in [0.2, 0.25) is 0 Å². The average Bonchev–Trinajstić information content (AvgIpc) is 3.19. The Morgan fingerprint density at radius 2 is 2.11 bits per heavy atom. The van der Waals surface area contributed by atoms with Gasteiger partial charge >= 0.3 is 0 Å². The van der Waals surface area contributed by atoms with Crippen molar-refractivity contribution in [2.45, 2.75) is 28.8 Å². The molecule has 0 atom stereocenters. The zero-order valence-corrected chi connectivity index (χ0v) is 10.6. The average molecular weight is 259 g/mol. The molecule has 1 aliphatic rings. The van der Waals surface area contributed by atoms with E-state index in [4.69, 9.17) is 5.73 Å². The summed E-state index contributed by atoms with van der Waals surface area (Å²) in [6.45, 7) is 0. The molecule has 2 aromatic rings. The summed E-state index contributed by atoms with van der Waals surface area (Å²) in [6.07, 6.45) is 5.61. The first-order valence-electron chi connectivity index (χ1n) is 5.85. The highest BCUT2D eigenvalue weighted by molar-refractivity contribution is 7.99. The zero-order chi connectivity index (χ0) is 12.5. The van der Waals surface area contributed by atoms with Gasteiger partial charge in [0.2, 0.25) is 0 Å². The van der Waals surface area contributed by atoms with Gasteiger partial charge in [-0.05, 0) is 25.0 Å². The number of anilines is 1. The van der Waals surface area contributed by atoms with Crippen molar-refractivity contribution in [2.24, 2.45) is 0 Å². The van der Waals surface area contributed by atoms with E-state index >= 15 is 0 Å². The summed E-state index contributed by atoms with van der Waals surface area (Å²) in [6, 6.07) is 7.87. The van der Waals surface area contributed by atoms with Crippen LogP contribution in [-0.4, -0.2) is 9.55 Å². The molecule has 1 saturated carbocycles. The molecule has 0 radical (unpaired) electrons. The van der Waals surface area contributed by atoms with Crippen LogP contribution in [0.25, 0.3) is 0 Å². The maximum atomic E-state index is 12.2.